The molecule has 2 heterocycles. The van der Waals surface area contributed by atoms with E-state index in [4.69, 9.17) is 0 Å². The van der Waals surface area contributed by atoms with Crippen molar-refractivity contribution < 1.29 is 4.79 Å². The van der Waals surface area contributed by atoms with Crippen LogP contribution in [0.3, 0.4) is 0 Å². The molecule has 1 unspecified atom stereocenters. The minimum absolute atomic E-state index is 0.0580. The molecule has 1 aromatic heterocycles. The lowest BCUT2D eigenvalue weighted by Crippen LogP contribution is -2.40. The van der Waals surface area contributed by atoms with E-state index < -0.39 is 0 Å². The molecule has 0 spiro atoms. The number of para-hydroxylation sites is 2. The molecular weight excluding hydrogens is 420 g/mol. The summed E-state index contributed by atoms with van der Waals surface area (Å²) in [5.74, 6) is 0.127. The molecule has 1 amide bonds. The molecule has 0 saturated carbocycles. The Morgan fingerprint density at radius 1 is 1.19 bits per heavy atom. The fourth-order valence-corrected chi connectivity index (χ4v) is 5.02. The summed E-state index contributed by atoms with van der Waals surface area (Å²) in [6.45, 7) is 7.45. The summed E-state index contributed by atoms with van der Waals surface area (Å²) in [4.78, 5) is 32.7. The van der Waals surface area contributed by atoms with Crippen LogP contribution in [-0.2, 0) is 11.3 Å². The standard InChI is InChI=1S/C25H30N4O2S/c1-3-28-14-6-7-20(28)15-26-23(30)17-32-24-25(31)29(16-19-12-10-18(2)11-13-19)22-9-5-4-8-21(22)27-24/h4-5,8-13,20H,3,6-7,14-17H2,1-2H3,(H,26,30). The second-order valence-electron chi connectivity index (χ2n) is 8.30. The number of likely N-dealkylation sites (tertiary alicyclic amines) is 1. The van der Waals surface area contributed by atoms with Crippen molar-refractivity contribution in [3.8, 4) is 0 Å². The summed E-state index contributed by atoms with van der Waals surface area (Å²) < 4.78 is 1.75. The number of amides is 1. The maximum atomic E-state index is 13.3. The maximum absolute atomic E-state index is 13.3. The Balaban J connectivity index is 1.49. The van der Waals surface area contributed by atoms with Crippen molar-refractivity contribution in [2.75, 3.05) is 25.4 Å². The zero-order valence-corrected chi connectivity index (χ0v) is 19.5. The van der Waals surface area contributed by atoms with Crippen LogP contribution in [0.5, 0.6) is 0 Å². The Morgan fingerprint density at radius 2 is 1.97 bits per heavy atom. The van der Waals surface area contributed by atoms with E-state index in [1.54, 1.807) is 4.57 Å². The van der Waals surface area contributed by atoms with Crippen LogP contribution in [0, 0.1) is 6.92 Å². The smallest absolute Gasteiger partial charge is 0.283 e. The summed E-state index contributed by atoms with van der Waals surface area (Å²) in [5.41, 5.74) is 3.64. The van der Waals surface area contributed by atoms with Gasteiger partial charge in [-0.15, -0.1) is 0 Å². The van der Waals surface area contributed by atoms with Crippen LogP contribution in [0.2, 0.25) is 0 Å². The van der Waals surface area contributed by atoms with E-state index in [0.717, 1.165) is 36.1 Å². The second kappa shape index (κ2) is 10.3. The average molecular weight is 451 g/mol. The van der Waals surface area contributed by atoms with Gasteiger partial charge in [0.15, 0.2) is 5.03 Å². The number of nitrogens with one attached hydrogen (secondary N) is 1. The lowest BCUT2D eigenvalue weighted by atomic mass is 10.1. The number of carbonyl (C=O) groups is 1. The van der Waals surface area contributed by atoms with Gasteiger partial charge in [0.2, 0.25) is 5.91 Å². The van der Waals surface area contributed by atoms with E-state index in [1.165, 1.54) is 23.7 Å². The Labute approximate surface area is 193 Å². The summed E-state index contributed by atoms with van der Waals surface area (Å²) >= 11 is 1.22. The molecule has 6 nitrogen and oxygen atoms in total. The van der Waals surface area contributed by atoms with E-state index in [-0.39, 0.29) is 17.2 Å². The molecule has 4 rings (SSSR count). The molecule has 3 aromatic rings. The van der Waals surface area contributed by atoms with Crippen LogP contribution in [0.1, 0.15) is 30.9 Å². The lowest BCUT2D eigenvalue weighted by molar-refractivity contribution is -0.118. The van der Waals surface area contributed by atoms with Crippen molar-refractivity contribution in [2.24, 2.45) is 0 Å². The van der Waals surface area contributed by atoms with Gasteiger partial charge < -0.3 is 5.32 Å². The van der Waals surface area contributed by atoms with E-state index >= 15 is 0 Å². The Bertz CT molecular complexity index is 1140. The molecule has 1 aliphatic rings. The molecule has 0 radical (unpaired) electrons. The molecule has 32 heavy (non-hydrogen) atoms. The first-order valence-electron chi connectivity index (χ1n) is 11.2. The van der Waals surface area contributed by atoms with Gasteiger partial charge in [0.25, 0.3) is 5.56 Å². The Kier molecular flexibility index (Phi) is 7.27. The van der Waals surface area contributed by atoms with Crippen LogP contribution < -0.4 is 10.9 Å². The third-order valence-corrected chi connectivity index (χ3v) is 7.01. The summed E-state index contributed by atoms with van der Waals surface area (Å²) in [6, 6.07) is 16.3. The predicted molar refractivity (Wildman–Crippen MR) is 130 cm³/mol. The third-order valence-electron chi connectivity index (χ3n) is 6.06. The number of fused-ring (bicyclic) bond motifs is 1. The van der Waals surface area contributed by atoms with E-state index in [0.29, 0.717) is 24.2 Å². The van der Waals surface area contributed by atoms with Gasteiger partial charge >= 0.3 is 0 Å². The van der Waals surface area contributed by atoms with Gasteiger partial charge in [-0.25, -0.2) is 4.98 Å². The highest BCUT2D eigenvalue weighted by atomic mass is 32.2. The second-order valence-corrected chi connectivity index (χ2v) is 9.26. The predicted octanol–water partition coefficient (Wildman–Crippen LogP) is 3.45. The zero-order chi connectivity index (χ0) is 22.5. The molecule has 1 fully saturated rings. The maximum Gasteiger partial charge on any atom is 0.283 e. The Morgan fingerprint density at radius 3 is 2.75 bits per heavy atom. The number of rotatable bonds is 8. The van der Waals surface area contributed by atoms with Gasteiger partial charge in [-0.1, -0.05) is 60.6 Å². The number of nitrogens with zero attached hydrogens (tertiary/aromatic N) is 3. The molecule has 0 bridgehead atoms. The number of benzene rings is 2. The third kappa shape index (κ3) is 5.22. The average Bonchev–Trinajstić information content (AvgIpc) is 3.27. The minimum atomic E-state index is -0.157. The number of carbonyl (C=O) groups excluding carboxylic acids is 1. The van der Waals surface area contributed by atoms with Gasteiger partial charge in [0, 0.05) is 12.6 Å². The van der Waals surface area contributed by atoms with Gasteiger partial charge in [0.1, 0.15) is 0 Å². The number of aryl methyl sites for hydroxylation is 1. The van der Waals surface area contributed by atoms with Crippen LogP contribution in [0.4, 0.5) is 0 Å². The monoisotopic (exact) mass is 450 g/mol. The van der Waals surface area contributed by atoms with Crippen LogP contribution in [-0.4, -0.2) is 51.8 Å². The fourth-order valence-electron chi connectivity index (χ4n) is 4.26. The lowest BCUT2D eigenvalue weighted by Gasteiger charge is -2.22. The van der Waals surface area contributed by atoms with Crippen LogP contribution in [0.15, 0.2) is 58.4 Å². The van der Waals surface area contributed by atoms with Crippen molar-refractivity contribution >= 4 is 28.7 Å². The van der Waals surface area contributed by atoms with E-state index in [9.17, 15) is 9.59 Å². The first-order valence-corrected chi connectivity index (χ1v) is 12.2. The highest BCUT2D eigenvalue weighted by Gasteiger charge is 2.23. The molecule has 168 valence electrons. The van der Waals surface area contributed by atoms with Gasteiger partial charge in [-0.05, 0) is 50.6 Å². The van der Waals surface area contributed by atoms with Crippen LogP contribution >= 0.6 is 11.8 Å². The number of hydrogen-bond donors (Lipinski definition) is 1. The molecule has 1 atom stereocenters. The fraction of sp³-hybridized carbons (Fsp3) is 0.400. The molecule has 2 aromatic carbocycles. The zero-order valence-electron chi connectivity index (χ0n) is 18.7. The summed E-state index contributed by atoms with van der Waals surface area (Å²) in [6.07, 6.45) is 2.31. The van der Waals surface area contributed by atoms with Crippen molar-refractivity contribution in [2.45, 2.75) is 44.3 Å². The van der Waals surface area contributed by atoms with Crippen molar-refractivity contribution in [1.82, 2.24) is 19.8 Å². The van der Waals surface area contributed by atoms with Crippen LogP contribution in [0.25, 0.3) is 11.0 Å². The molecule has 1 aliphatic heterocycles. The normalized spacial score (nSPS) is 16.5. The first-order chi connectivity index (χ1) is 15.5. The number of likely N-dealkylation sites (N-methyl/N-ethyl adjacent to an activating group) is 1. The van der Waals surface area contributed by atoms with Crippen molar-refractivity contribution in [3.63, 3.8) is 0 Å². The quantitative estimate of drug-likeness (QED) is 0.533. The number of hydrogen-bond acceptors (Lipinski definition) is 5. The number of thioether (sulfide) groups is 1. The minimum Gasteiger partial charge on any atom is -0.354 e. The van der Waals surface area contributed by atoms with Crippen molar-refractivity contribution in [1.29, 1.82) is 0 Å². The molecule has 1 N–H and O–H groups in total. The molecular formula is C25H30N4O2S. The highest BCUT2D eigenvalue weighted by molar-refractivity contribution is 7.99. The Hall–Kier alpha value is -2.64. The molecule has 7 heteroatoms. The number of aromatic nitrogens is 2. The van der Waals surface area contributed by atoms with Gasteiger partial charge in [-0.3, -0.25) is 19.1 Å². The largest absolute Gasteiger partial charge is 0.354 e. The topological polar surface area (TPSA) is 67.2 Å². The first kappa shape index (κ1) is 22.6. The van der Waals surface area contributed by atoms with Gasteiger partial charge in [-0.2, -0.15) is 0 Å². The van der Waals surface area contributed by atoms with E-state index in [2.05, 4.69) is 22.1 Å². The molecule has 1 saturated heterocycles. The summed E-state index contributed by atoms with van der Waals surface area (Å²) in [5, 5.41) is 3.40. The summed E-state index contributed by atoms with van der Waals surface area (Å²) in [7, 11) is 0. The SMILES string of the molecule is CCN1CCCC1CNC(=O)CSc1nc2ccccc2n(Cc2ccc(C)cc2)c1=O. The van der Waals surface area contributed by atoms with E-state index in [1.807, 2.05) is 55.5 Å². The molecule has 0 aliphatic carbocycles. The highest BCUT2D eigenvalue weighted by Crippen LogP contribution is 2.19. The van der Waals surface area contributed by atoms with Crippen molar-refractivity contribution in [3.05, 3.63) is 70.0 Å². The van der Waals surface area contributed by atoms with Gasteiger partial charge in [0.05, 0.1) is 23.3 Å².